The number of rotatable bonds is 10. The lowest BCUT2D eigenvalue weighted by atomic mass is 10.3. The Kier molecular flexibility index (Phi) is 10.5. The average Bonchev–Trinajstić information content (AvgIpc) is 2.26. The van der Waals surface area contributed by atoms with Gasteiger partial charge >= 0.3 is 0 Å². The molecule has 0 spiro atoms. The molecule has 0 radical (unpaired) electrons. The zero-order valence-electron chi connectivity index (χ0n) is 11.2. The van der Waals surface area contributed by atoms with E-state index in [1.54, 1.807) is 0 Å². The van der Waals surface area contributed by atoms with Gasteiger partial charge in [0.05, 0.1) is 6.10 Å². The van der Waals surface area contributed by atoms with Crippen molar-refractivity contribution >= 4 is 11.8 Å². The third-order valence-electron chi connectivity index (χ3n) is 2.52. The second-order valence-corrected chi connectivity index (χ2v) is 5.47. The largest absolute Gasteiger partial charge is 0.391 e. The quantitative estimate of drug-likeness (QED) is 0.573. The lowest BCUT2D eigenvalue weighted by Gasteiger charge is -2.18. The van der Waals surface area contributed by atoms with E-state index < -0.39 is 0 Å². The number of nitrogens with one attached hydrogen (secondary N) is 1. The first kappa shape index (κ1) is 16.2. The van der Waals surface area contributed by atoms with Crippen molar-refractivity contribution in [1.29, 1.82) is 0 Å². The highest BCUT2D eigenvalue weighted by Gasteiger charge is 2.05. The van der Waals surface area contributed by atoms with Crippen LogP contribution in [-0.2, 0) is 0 Å². The number of hydrogen-bond donors (Lipinski definition) is 2. The molecule has 0 fully saturated rings. The maximum Gasteiger partial charge on any atom is 0.0754 e. The Balaban J connectivity index is 3.36. The van der Waals surface area contributed by atoms with E-state index in [9.17, 15) is 5.11 Å². The Morgan fingerprint density at radius 1 is 1.25 bits per heavy atom. The van der Waals surface area contributed by atoms with Crippen molar-refractivity contribution in [2.75, 3.05) is 37.7 Å². The van der Waals surface area contributed by atoms with E-state index in [4.69, 9.17) is 0 Å². The standard InChI is InChI=1S/C12H28N2OS/c1-5-14(6-2)7-8-16-10-12(15)9-13-11(3)4/h11-13,15H,5-10H2,1-4H3. The van der Waals surface area contributed by atoms with Crippen molar-refractivity contribution in [3.8, 4) is 0 Å². The first-order valence-electron chi connectivity index (χ1n) is 6.31. The minimum atomic E-state index is -0.218. The van der Waals surface area contributed by atoms with Gasteiger partial charge in [-0.3, -0.25) is 0 Å². The normalized spacial score (nSPS) is 13.7. The molecule has 3 nitrogen and oxygen atoms in total. The van der Waals surface area contributed by atoms with Crippen molar-refractivity contribution in [3.63, 3.8) is 0 Å². The van der Waals surface area contributed by atoms with E-state index in [2.05, 4.69) is 37.9 Å². The Morgan fingerprint density at radius 2 is 1.88 bits per heavy atom. The van der Waals surface area contributed by atoms with Gasteiger partial charge in [-0.1, -0.05) is 27.7 Å². The highest BCUT2D eigenvalue weighted by molar-refractivity contribution is 7.99. The number of hydrogen-bond acceptors (Lipinski definition) is 4. The van der Waals surface area contributed by atoms with Crippen LogP contribution in [0.4, 0.5) is 0 Å². The van der Waals surface area contributed by atoms with E-state index in [0.29, 0.717) is 12.6 Å². The van der Waals surface area contributed by atoms with E-state index >= 15 is 0 Å². The predicted octanol–water partition coefficient (Wildman–Crippen LogP) is 1.42. The van der Waals surface area contributed by atoms with Gasteiger partial charge in [0.15, 0.2) is 0 Å². The molecule has 0 saturated carbocycles. The number of thioether (sulfide) groups is 1. The van der Waals surface area contributed by atoms with Crippen molar-refractivity contribution in [1.82, 2.24) is 10.2 Å². The molecule has 16 heavy (non-hydrogen) atoms. The summed E-state index contributed by atoms with van der Waals surface area (Å²) in [5, 5.41) is 12.9. The van der Waals surface area contributed by atoms with Crippen LogP contribution in [0.25, 0.3) is 0 Å². The van der Waals surface area contributed by atoms with Crippen LogP contribution in [0.15, 0.2) is 0 Å². The zero-order valence-corrected chi connectivity index (χ0v) is 12.0. The molecule has 0 aliphatic heterocycles. The van der Waals surface area contributed by atoms with Crippen molar-refractivity contribution in [2.24, 2.45) is 0 Å². The molecule has 0 saturated heterocycles. The molecule has 1 unspecified atom stereocenters. The topological polar surface area (TPSA) is 35.5 Å². The van der Waals surface area contributed by atoms with Gasteiger partial charge in [-0.05, 0) is 13.1 Å². The summed E-state index contributed by atoms with van der Waals surface area (Å²) in [7, 11) is 0. The zero-order chi connectivity index (χ0) is 12.4. The monoisotopic (exact) mass is 248 g/mol. The van der Waals surface area contributed by atoms with Gasteiger partial charge < -0.3 is 15.3 Å². The third-order valence-corrected chi connectivity index (χ3v) is 3.61. The molecule has 0 rings (SSSR count). The lowest BCUT2D eigenvalue weighted by molar-refractivity contribution is 0.192. The van der Waals surface area contributed by atoms with E-state index in [-0.39, 0.29) is 6.10 Å². The van der Waals surface area contributed by atoms with Crippen molar-refractivity contribution in [3.05, 3.63) is 0 Å². The second-order valence-electron chi connectivity index (χ2n) is 4.32. The fourth-order valence-corrected chi connectivity index (χ4v) is 2.33. The van der Waals surface area contributed by atoms with Crippen LogP contribution < -0.4 is 5.32 Å². The molecule has 0 heterocycles. The van der Waals surface area contributed by atoms with E-state index in [1.165, 1.54) is 0 Å². The van der Waals surface area contributed by atoms with Crippen LogP contribution in [-0.4, -0.2) is 59.8 Å². The molecular weight excluding hydrogens is 220 g/mol. The molecule has 2 N–H and O–H groups in total. The predicted molar refractivity (Wildman–Crippen MR) is 74.3 cm³/mol. The Morgan fingerprint density at radius 3 is 2.38 bits per heavy atom. The van der Waals surface area contributed by atoms with E-state index in [0.717, 1.165) is 31.1 Å². The Labute approximate surface area is 105 Å². The fourth-order valence-electron chi connectivity index (χ4n) is 1.38. The highest BCUT2D eigenvalue weighted by Crippen LogP contribution is 2.03. The van der Waals surface area contributed by atoms with Gasteiger partial charge in [0.1, 0.15) is 0 Å². The number of aliphatic hydroxyl groups is 1. The maximum absolute atomic E-state index is 9.68. The van der Waals surface area contributed by atoms with Crippen molar-refractivity contribution in [2.45, 2.75) is 39.8 Å². The van der Waals surface area contributed by atoms with Gasteiger partial charge in [0.25, 0.3) is 0 Å². The third kappa shape index (κ3) is 9.46. The maximum atomic E-state index is 9.68. The lowest BCUT2D eigenvalue weighted by Crippen LogP contribution is -2.33. The first-order chi connectivity index (χ1) is 7.60. The molecule has 0 aromatic rings. The average molecular weight is 248 g/mol. The molecule has 0 aliphatic rings. The summed E-state index contributed by atoms with van der Waals surface area (Å²) >= 11 is 1.84. The Bertz CT molecular complexity index is 152. The summed E-state index contributed by atoms with van der Waals surface area (Å²) in [6.45, 7) is 12.6. The first-order valence-corrected chi connectivity index (χ1v) is 7.47. The SMILES string of the molecule is CCN(CC)CCSCC(O)CNC(C)C. The summed E-state index contributed by atoms with van der Waals surface area (Å²) in [6.07, 6.45) is -0.218. The van der Waals surface area contributed by atoms with Gasteiger partial charge in [-0.25, -0.2) is 0 Å². The molecular formula is C12H28N2OS. The molecule has 98 valence electrons. The molecule has 0 aliphatic carbocycles. The van der Waals surface area contributed by atoms with Gasteiger partial charge in [-0.2, -0.15) is 11.8 Å². The van der Waals surface area contributed by atoms with Crippen LogP contribution >= 0.6 is 11.8 Å². The number of nitrogens with zero attached hydrogens (tertiary/aromatic N) is 1. The van der Waals surface area contributed by atoms with Crippen LogP contribution in [0.2, 0.25) is 0 Å². The van der Waals surface area contributed by atoms with Gasteiger partial charge in [0.2, 0.25) is 0 Å². The molecule has 0 aromatic carbocycles. The molecule has 0 amide bonds. The van der Waals surface area contributed by atoms with Gasteiger partial charge in [-0.15, -0.1) is 0 Å². The minimum absolute atomic E-state index is 0.218. The second kappa shape index (κ2) is 10.4. The molecule has 1 atom stereocenters. The summed E-state index contributed by atoms with van der Waals surface area (Å²) in [4.78, 5) is 2.41. The summed E-state index contributed by atoms with van der Waals surface area (Å²) in [5.74, 6) is 1.95. The van der Waals surface area contributed by atoms with Crippen LogP contribution in [0, 0.1) is 0 Å². The summed E-state index contributed by atoms with van der Waals surface area (Å²) < 4.78 is 0. The van der Waals surface area contributed by atoms with Crippen LogP contribution in [0.5, 0.6) is 0 Å². The molecule has 4 heteroatoms. The fraction of sp³-hybridized carbons (Fsp3) is 1.00. The molecule has 0 bridgehead atoms. The van der Waals surface area contributed by atoms with Crippen molar-refractivity contribution < 1.29 is 5.11 Å². The number of aliphatic hydroxyl groups excluding tert-OH is 1. The van der Waals surface area contributed by atoms with Gasteiger partial charge in [0, 0.05) is 30.6 Å². The minimum Gasteiger partial charge on any atom is -0.391 e. The van der Waals surface area contributed by atoms with Crippen LogP contribution in [0.1, 0.15) is 27.7 Å². The summed E-state index contributed by atoms with van der Waals surface area (Å²) in [5.41, 5.74) is 0. The van der Waals surface area contributed by atoms with Crippen LogP contribution in [0.3, 0.4) is 0 Å². The highest BCUT2D eigenvalue weighted by atomic mass is 32.2. The van der Waals surface area contributed by atoms with E-state index in [1.807, 2.05) is 11.8 Å². The Hall–Kier alpha value is 0.230. The molecule has 0 aromatic heterocycles. The smallest absolute Gasteiger partial charge is 0.0754 e. The summed E-state index contributed by atoms with van der Waals surface area (Å²) in [6, 6.07) is 0.454.